The molecule has 3 N–H and O–H groups in total. The molecule has 116 valence electrons. The number of hydrogen-bond acceptors (Lipinski definition) is 4. The van der Waals surface area contributed by atoms with Crippen molar-refractivity contribution in [2.24, 2.45) is 5.73 Å². The summed E-state index contributed by atoms with van der Waals surface area (Å²) in [6.45, 7) is 7.03. The summed E-state index contributed by atoms with van der Waals surface area (Å²) < 4.78 is 5.50. The number of anilines is 1. The lowest BCUT2D eigenvalue weighted by Crippen LogP contribution is -2.54. The van der Waals surface area contributed by atoms with Crippen molar-refractivity contribution in [3.63, 3.8) is 0 Å². The fraction of sp³-hybridized carbons (Fsp3) is 0.562. The first kappa shape index (κ1) is 15.8. The van der Waals surface area contributed by atoms with E-state index in [4.69, 9.17) is 10.5 Å². The molecule has 5 nitrogen and oxygen atoms in total. The second kappa shape index (κ2) is 7.43. The number of aryl methyl sites for hydroxylation is 1. The van der Waals surface area contributed by atoms with Gasteiger partial charge in [-0.3, -0.25) is 4.79 Å². The van der Waals surface area contributed by atoms with E-state index in [-0.39, 0.29) is 11.9 Å². The van der Waals surface area contributed by atoms with Gasteiger partial charge in [-0.25, -0.2) is 0 Å². The van der Waals surface area contributed by atoms with Crippen molar-refractivity contribution in [2.45, 2.75) is 32.9 Å². The van der Waals surface area contributed by atoms with Crippen LogP contribution in [0.1, 0.15) is 24.5 Å². The predicted octanol–water partition coefficient (Wildman–Crippen LogP) is 1.19. The number of nitrogens with two attached hydrogens (primary N) is 1. The van der Waals surface area contributed by atoms with E-state index in [2.05, 4.69) is 28.4 Å². The molecule has 1 fully saturated rings. The molecule has 2 rings (SSSR count). The SMILES string of the molecule is CCCNC(=O)C1COCCN1c1ccc(C)cc1CN. The van der Waals surface area contributed by atoms with E-state index in [1.54, 1.807) is 0 Å². The number of carbonyl (C=O) groups excluding carboxylic acids is 1. The molecule has 0 aromatic heterocycles. The maximum atomic E-state index is 12.3. The second-order valence-electron chi connectivity index (χ2n) is 5.41. The van der Waals surface area contributed by atoms with Gasteiger partial charge in [0.25, 0.3) is 0 Å². The van der Waals surface area contributed by atoms with Gasteiger partial charge in [0.2, 0.25) is 5.91 Å². The molecule has 0 aliphatic carbocycles. The van der Waals surface area contributed by atoms with Crippen molar-refractivity contribution in [3.8, 4) is 0 Å². The molecule has 1 aromatic carbocycles. The maximum absolute atomic E-state index is 12.3. The first-order valence-electron chi connectivity index (χ1n) is 7.59. The van der Waals surface area contributed by atoms with Gasteiger partial charge in [-0.05, 0) is 25.0 Å². The highest BCUT2D eigenvalue weighted by atomic mass is 16.5. The molecule has 0 bridgehead atoms. The minimum Gasteiger partial charge on any atom is -0.377 e. The summed E-state index contributed by atoms with van der Waals surface area (Å²) >= 11 is 0. The average Bonchev–Trinajstić information content (AvgIpc) is 2.52. The summed E-state index contributed by atoms with van der Waals surface area (Å²) in [4.78, 5) is 14.5. The van der Waals surface area contributed by atoms with Gasteiger partial charge < -0.3 is 20.7 Å². The molecule has 1 aliphatic rings. The Balaban J connectivity index is 2.24. The minimum atomic E-state index is -0.279. The van der Waals surface area contributed by atoms with E-state index < -0.39 is 0 Å². The molecule has 1 amide bonds. The van der Waals surface area contributed by atoms with Crippen LogP contribution in [0.15, 0.2) is 18.2 Å². The van der Waals surface area contributed by atoms with Crippen molar-refractivity contribution in [2.75, 3.05) is 31.2 Å². The third kappa shape index (κ3) is 3.74. The van der Waals surface area contributed by atoms with E-state index >= 15 is 0 Å². The fourth-order valence-electron chi connectivity index (χ4n) is 2.63. The van der Waals surface area contributed by atoms with Crippen molar-refractivity contribution >= 4 is 11.6 Å². The number of amides is 1. The highest BCUT2D eigenvalue weighted by Gasteiger charge is 2.30. The van der Waals surface area contributed by atoms with Crippen molar-refractivity contribution in [1.29, 1.82) is 0 Å². The van der Waals surface area contributed by atoms with E-state index in [0.29, 0.717) is 32.8 Å². The first-order chi connectivity index (χ1) is 10.2. The molecule has 1 heterocycles. The van der Waals surface area contributed by atoms with Gasteiger partial charge in [-0.1, -0.05) is 24.6 Å². The van der Waals surface area contributed by atoms with Crippen LogP contribution in [-0.2, 0) is 16.1 Å². The van der Waals surface area contributed by atoms with Crippen LogP contribution in [0.5, 0.6) is 0 Å². The summed E-state index contributed by atoms with van der Waals surface area (Å²) in [7, 11) is 0. The molecular weight excluding hydrogens is 266 g/mol. The Morgan fingerprint density at radius 1 is 1.52 bits per heavy atom. The molecule has 0 spiro atoms. The lowest BCUT2D eigenvalue weighted by molar-refractivity contribution is -0.124. The largest absolute Gasteiger partial charge is 0.377 e. The van der Waals surface area contributed by atoms with Crippen LogP contribution in [-0.4, -0.2) is 38.3 Å². The molecule has 1 atom stereocenters. The molecule has 1 aliphatic heterocycles. The highest BCUT2D eigenvalue weighted by Crippen LogP contribution is 2.25. The maximum Gasteiger partial charge on any atom is 0.245 e. The van der Waals surface area contributed by atoms with E-state index in [1.165, 1.54) is 5.56 Å². The quantitative estimate of drug-likeness (QED) is 0.855. The smallest absolute Gasteiger partial charge is 0.245 e. The van der Waals surface area contributed by atoms with Crippen molar-refractivity contribution < 1.29 is 9.53 Å². The van der Waals surface area contributed by atoms with Gasteiger partial charge in [-0.2, -0.15) is 0 Å². The molecule has 1 saturated heterocycles. The van der Waals surface area contributed by atoms with Crippen LogP contribution in [0.25, 0.3) is 0 Å². The molecule has 0 radical (unpaired) electrons. The monoisotopic (exact) mass is 291 g/mol. The Labute approximate surface area is 126 Å². The zero-order chi connectivity index (χ0) is 15.2. The van der Waals surface area contributed by atoms with Gasteiger partial charge in [0.1, 0.15) is 6.04 Å². The minimum absolute atomic E-state index is 0.0279. The number of benzene rings is 1. The summed E-state index contributed by atoms with van der Waals surface area (Å²) in [5.74, 6) is 0.0279. The molecule has 21 heavy (non-hydrogen) atoms. The topological polar surface area (TPSA) is 67.6 Å². The Morgan fingerprint density at radius 3 is 3.05 bits per heavy atom. The lowest BCUT2D eigenvalue weighted by atomic mass is 10.1. The summed E-state index contributed by atoms with van der Waals surface area (Å²) in [5.41, 5.74) is 9.17. The summed E-state index contributed by atoms with van der Waals surface area (Å²) in [6.07, 6.45) is 0.928. The van der Waals surface area contributed by atoms with Crippen LogP contribution in [0.3, 0.4) is 0 Å². The Kier molecular flexibility index (Phi) is 5.59. The number of rotatable bonds is 5. The number of hydrogen-bond donors (Lipinski definition) is 2. The highest BCUT2D eigenvalue weighted by molar-refractivity contribution is 5.86. The molecule has 1 aromatic rings. The van der Waals surface area contributed by atoms with Gasteiger partial charge in [0, 0.05) is 25.3 Å². The Hall–Kier alpha value is -1.59. The Morgan fingerprint density at radius 2 is 2.33 bits per heavy atom. The second-order valence-corrected chi connectivity index (χ2v) is 5.41. The van der Waals surface area contributed by atoms with Crippen LogP contribution in [0.4, 0.5) is 5.69 Å². The number of carbonyl (C=O) groups is 1. The molecule has 0 saturated carbocycles. The van der Waals surface area contributed by atoms with Gasteiger partial charge in [0.15, 0.2) is 0 Å². The van der Waals surface area contributed by atoms with Gasteiger partial charge >= 0.3 is 0 Å². The number of nitrogens with zero attached hydrogens (tertiary/aromatic N) is 1. The van der Waals surface area contributed by atoms with Gasteiger partial charge in [0.05, 0.1) is 13.2 Å². The van der Waals surface area contributed by atoms with Crippen molar-refractivity contribution in [1.82, 2.24) is 5.32 Å². The van der Waals surface area contributed by atoms with E-state index in [0.717, 1.165) is 17.7 Å². The molecular formula is C16H25N3O2. The number of ether oxygens (including phenoxy) is 1. The molecule has 1 unspecified atom stereocenters. The predicted molar refractivity (Wildman–Crippen MR) is 84.3 cm³/mol. The first-order valence-corrected chi connectivity index (χ1v) is 7.59. The zero-order valence-corrected chi connectivity index (χ0v) is 12.9. The van der Waals surface area contributed by atoms with Gasteiger partial charge in [-0.15, -0.1) is 0 Å². The third-order valence-corrected chi connectivity index (χ3v) is 3.74. The summed E-state index contributed by atoms with van der Waals surface area (Å²) in [5, 5.41) is 2.96. The average molecular weight is 291 g/mol. The van der Waals surface area contributed by atoms with Crippen LogP contribution in [0, 0.1) is 6.92 Å². The van der Waals surface area contributed by atoms with Crippen LogP contribution >= 0.6 is 0 Å². The third-order valence-electron chi connectivity index (χ3n) is 3.74. The number of nitrogens with one attached hydrogen (secondary N) is 1. The van der Waals surface area contributed by atoms with Crippen LogP contribution in [0.2, 0.25) is 0 Å². The standard InChI is InChI=1S/C16H25N3O2/c1-3-6-18-16(20)15-11-21-8-7-19(15)14-5-4-12(2)9-13(14)10-17/h4-5,9,15H,3,6-8,10-11,17H2,1-2H3,(H,18,20). The van der Waals surface area contributed by atoms with Crippen LogP contribution < -0.4 is 16.0 Å². The Bertz CT molecular complexity index is 490. The van der Waals surface area contributed by atoms with Crippen molar-refractivity contribution in [3.05, 3.63) is 29.3 Å². The number of morpholine rings is 1. The fourth-order valence-corrected chi connectivity index (χ4v) is 2.63. The summed E-state index contributed by atoms with van der Waals surface area (Å²) in [6, 6.07) is 5.93. The normalized spacial score (nSPS) is 18.6. The van der Waals surface area contributed by atoms with E-state index in [1.807, 2.05) is 13.8 Å². The zero-order valence-electron chi connectivity index (χ0n) is 12.9. The van der Waals surface area contributed by atoms with E-state index in [9.17, 15) is 4.79 Å². The lowest BCUT2D eigenvalue weighted by Gasteiger charge is -2.37. The molecule has 5 heteroatoms.